The van der Waals surface area contributed by atoms with Crippen LogP contribution in [0.2, 0.25) is 0 Å². The lowest BCUT2D eigenvalue weighted by atomic mass is 10.1. The fourth-order valence-electron chi connectivity index (χ4n) is 2.52. The molecule has 3 aromatic rings. The third kappa shape index (κ3) is 2.90. The van der Waals surface area contributed by atoms with E-state index in [1.807, 2.05) is 49.4 Å². The van der Waals surface area contributed by atoms with Crippen LogP contribution >= 0.6 is 0 Å². The van der Waals surface area contributed by atoms with Crippen molar-refractivity contribution >= 4 is 22.6 Å². The predicted molar refractivity (Wildman–Crippen MR) is 88.9 cm³/mol. The second-order valence-electron chi connectivity index (χ2n) is 5.43. The van der Waals surface area contributed by atoms with E-state index in [0.29, 0.717) is 17.0 Å². The fraction of sp³-hybridized carbons (Fsp3) is 0.222. The molecule has 0 aliphatic rings. The number of carbonyl (C=O) groups is 1. The molecule has 2 aromatic carbocycles. The van der Waals surface area contributed by atoms with Crippen molar-refractivity contribution in [2.45, 2.75) is 13.3 Å². The van der Waals surface area contributed by atoms with E-state index in [9.17, 15) is 4.79 Å². The monoisotopic (exact) mass is 310 g/mol. The van der Waals surface area contributed by atoms with Gasteiger partial charge in [0.25, 0.3) is 0 Å². The van der Waals surface area contributed by atoms with Gasteiger partial charge < -0.3 is 14.2 Å². The predicted octanol–water partition coefficient (Wildman–Crippen LogP) is 3.35. The van der Waals surface area contributed by atoms with Gasteiger partial charge in [-0.2, -0.15) is 0 Å². The van der Waals surface area contributed by atoms with Crippen LogP contribution in [-0.4, -0.2) is 25.2 Å². The van der Waals surface area contributed by atoms with Crippen molar-refractivity contribution in [2.75, 3.05) is 19.1 Å². The van der Waals surface area contributed by atoms with Gasteiger partial charge in [-0.1, -0.05) is 23.4 Å². The first-order valence-electron chi connectivity index (χ1n) is 7.34. The Labute approximate surface area is 134 Å². The van der Waals surface area contributed by atoms with Crippen LogP contribution in [0.25, 0.3) is 11.0 Å². The number of nitrogens with zero attached hydrogens (tertiary/aromatic N) is 2. The van der Waals surface area contributed by atoms with Gasteiger partial charge in [0.05, 0.1) is 19.2 Å². The zero-order chi connectivity index (χ0) is 16.4. The number of benzene rings is 2. The molecular formula is C18H18N2O3. The molecule has 0 unspecified atom stereocenters. The first kappa shape index (κ1) is 15.1. The molecule has 0 N–H and O–H groups in total. The van der Waals surface area contributed by atoms with Crippen LogP contribution in [0.1, 0.15) is 11.3 Å². The van der Waals surface area contributed by atoms with Gasteiger partial charge in [-0.05, 0) is 36.8 Å². The Morgan fingerprint density at radius 1 is 1.26 bits per heavy atom. The van der Waals surface area contributed by atoms with E-state index in [-0.39, 0.29) is 12.3 Å². The van der Waals surface area contributed by atoms with Crippen LogP contribution in [0.3, 0.4) is 0 Å². The quantitative estimate of drug-likeness (QED) is 0.741. The molecule has 3 rings (SSSR count). The average molecular weight is 310 g/mol. The molecule has 23 heavy (non-hydrogen) atoms. The zero-order valence-corrected chi connectivity index (χ0v) is 13.4. The van der Waals surface area contributed by atoms with E-state index in [2.05, 4.69) is 5.16 Å². The Kier molecular flexibility index (Phi) is 4.02. The number of hydrogen-bond acceptors (Lipinski definition) is 4. The van der Waals surface area contributed by atoms with Crippen molar-refractivity contribution in [1.29, 1.82) is 0 Å². The highest BCUT2D eigenvalue weighted by Crippen LogP contribution is 2.29. The highest BCUT2D eigenvalue weighted by molar-refractivity contribution is 5.97. The van der Waals surface area contributed by atoms with Crippen molar-refractivity contribution in [2.24, 2.45) is 0 Å². The first-order valence-corrected chi connectivity index (χ1v) is 7.34. The number of para-hydroxylation sites is 1. The minimum absolute atomic E-state index is 0.0760. The number of hydrogen-bond donors (Lipinski definition) is 0. The van der Waals surface area contributed by atoms with Crippen LogP contribution in [0.5, 0.6) is 5.75 Å². The van der Waals surface area contributed by atoms with E-state index >= 15 is 0 Å². The molecule has 0 aliphatic heterocycles. The van der Waals surface area contributed by atoms with Gasteiger partial charge in [-0.25, -0.2) is 0 Å². The summed E-state index contributed by atoms with van der Waals surface area (Å²) in [7, 11) is 3.33. The Balaban J connectivity index is 1.87. The third-order valence-corrected chi connectivity index (χ3v) is 3.84. The molecule has 0 atom stereocenters. The number of ether oxygens (including phenoxy) is 1. The SMILES string of the molecule is COc1ccc(C)cc1N(C)C(=O)Cc1noc2ccccc12. The van der Waals surface area contributed by atoms with Gasteiger partial charge in [0.1, 0.15) is 11.4 Å². The maximum absolute atomic E-state index is 12.6. The van der Waals surface area contributed by atoms with Crippen LogP contribution in [0, 0.1) is 6.92 Å². The summed E-state index contributed by atoms with van der Waals surface area (Å²) in [5, 5.41) is 4.88. The highest BCUT2D eigenvalue weighted by atomic mass is 16.5. The second kappa shape index (κ2) is 6.12. The lowest BCUT2D eigenvalue weighted by molar-refractivity contribution is -0.117. The van der Waals surface area contributed by atoms with E-state index in [4.69, 9.17) is 9.26 Å². The molecule has 0 aliphatic carbocycles. The van der Waals surface area contributed by atoms with Crippen molar-refractivity contribution in [3.05, 3.63) is 53.7 Å². The number of methoxy groups -OCH3 is 1. The molecule has 5 heteroatoms. The topological polar surface area (TPSA) is 55.6 Å². The molecule has 0 saturated heterocycles. The smallest absolute Gasteiger partial charge is 0.233 e. The number of likely N-dealkylation sites (N-methyl/N-ethyl adjacent to an activating group) is 1. The summed E-state index contributed by atoms with van der Waals surface area (Å²) in [6.45, 7) is 1.98. The number of aromatic nitrogens is 1. The van der Waals surface area contributed by atoms with E-state index in [0.717, 1.165) is 16.6 Å². The number of aryl methyl sites for hydroxylation is 1. The summed E-state index contributed by atoms with van der Waals surface area (Å²) in [4.78, 5) is 14.2. The minimum Gasteiger partial charge on any atom is -0.495 e. The lowest BCUT2D eigenvalue weighted by Crippen LogP contribution is -2.28. The average Bonchev–Trinajstić information content (AvgIpc) is 2.97. The molecule has 1 heterocycles. The van der Waals surface area contributed by atoms with Gasteiger partial charge in [0.2, 0.25) is 5.91 Å². The summed E-state index contributed by atoms with van der Waals surface area (Å²) >= 11 is 0. The molecule has 118 valence electrons. The number of carbonyl (C=O) groups excluding carboxylic acids is 1. The maximum Gasteiger partial charge on any atom is 0.233 e. The van der Waals surface area contributed by atoms with E-state index in [1.54, 1.807) is 19.1 Å². The summed E-state index contributed by atoms with van der Waals surface area (Å²) in [6, 6.07) is 13.3. The summed E-state index contributed by atoms with van der Waals surface area (Å²) < 4.78 is 10.6. The molecule has 0 spiro atoms. The lowest BCUT2D eigenvalue weighted by Gasteiger charge is -2.20. The Morgan fingerprint density at radius 3 is 2.83 bits per heavy atom. The molecule has 0 bridgehead atoms. The number of rotatable bonds is 4. The van der Waals surface area contributed by atoms with Gasteiger partial charge in [-0.15, -0.1) is 0 Å². The van der Waals surface area contributed by atoms with Crippen LogP contribution < -0.4 is 9.64 Å². The molecular weight excluding hydrogens is 292 g/mol. The molecule has 5 nitrogen and oxygen atoms in total. The van der Waals surface area contributed by atoms with E-state index < -0.39 is 0 Å². The van der Waals surface area contributed by atoms with Crippen LogP contribution in [0.4, 0.5) is 5.69 Å². The summed E-state index contributed by atoms with van der Waals surface area (Å²) in [5.41, 5.74) is 3.13. The number of amides is 1. The molecule has 0 saturated carbocycles. The Morgan fingerprint density at radius 2 is 2.04 bits per heavy atom. The van der Waals surface area contributed by atoms with Crippen molar-refractivity contribution in [3.8, 4) is 5.75 Å². The second-order valence-corrected chi connectivity index (χ2v) is 5.43. The van der Waals surface area contributed by atoms with Crippen molar-refractivity contribution in [3.63, 3.8) is 0 Å². The Hall–Kier alpha value is -2.82. The number of fused-ring (bicyclic) bond motifs is 1. The molecule has 0 radical (unpaired) electrons. The van der Waals surface area contributed by atoms with Crippen molar-refractivity contribution < 1.29 is 14.1 Å². The zero-order valence-electron chi connectivity index (χ0n) is 13.4. The summed E-state index contributed by atoms with van der Waals surface area (Å²) in [6.07, 6.45) is 0.171. The van der Waals surface area contributed by atoms with Crippen LogP contribution in [-0.2, 0) is 11.2 Å². The van der Waals surface area contributed by atoms with Gasteiger partial charge in [-0.3, -0.25) is 4.79 Å². The number of anilines is 1. The normalized spacial score (nSPS) is 10.7. The van der Waals surface area contributed by atoms with Gasteiger partial charge in [0.15, 0.2) is 5.58 Å². The largest absolute Gasteiger partial charge is 0.495 e. The molecule has 1 amide bonds. The summed E-state index contributed by atoms with van der Waals surface area (Å²) in [5.74, 6) is 0.587. The van der Waals surface area contributed by atoms with Crippen LogP contribution in [0.15, 0.2) is 47.0 Å². The molecule has 0 fully saturated rings. The van der Waals surface area contributed by atoms with E-state index in [1.165, 1.54) is 0 Å². The maximum atomic E-state index is 12.6. The van der Waals surface area contributed by atoms with Gasteiger partial charge in [0, 0.05) is 12.4 Å². The Bertz CT molecular complexity index is 854. The minimum atomic E-state index is -0.0760. The fourth-order valence-corrected chi connectivity index (χ4v) is 2.52. The standard InChI is InChI=1S/C18H18N2O3/c1-12-8-9-17(22-3)15(10-12)20(2)18(21)11-14-13-6-4-5-7-16(13)23-19-14/h4-10H,11H2,1-3H3. The van der Waals surface area contributed by atoms with Gasteiger partial charge >= 0.3 is 0 Å². The highest BCUT2D eigenvalue weighted by Gasteiger charge is 2.19. The third-order valence-electron chi connectivity index (χ3n) is 3.84. The molecule has 1 aromatic heterocycles. The van der Waals surface area contributed by atoms with Crippen molar-refractivity contribution in [1.82, 2.24) is 5.16 Å². The first-order chi connectivity index (χ1) is 11.1.